The first-order valence-corrected chi connectivity index (χ1v) is 9.71. The third-order valence-corrected chi connectivity index (χ3v) is 9.72. The maximum Gasteiger partial charge on any atom is 0.249 e. The fourth-order valence-electron chi connectivity index (χ4n) is 4.25. The number of rotatable bonds is 1. The van der Waals surface area contributed by atoms with Gasteiger partial charge in [0.15, 0.2) is 4.33 Å². The van der Waals surface area contributed by atoms with Crippen molar-refractivity contribution in [3.8, 4) is 0 Å². The van der Waals surface area contributed by atoms with Crippen molar-refractivity contribution in [1.82, 2.24) is 10.2 Å². The molecule has 0 spiro atoms. The standard InChI is InChI=1S/C14H8Cl6N2O4/c15-7-8(16)13(18)6-5(12(7,17)14(13,19)20)10(25)22(11(6)26)3-1-2-4(23)21-9(3)24/h3,5-6H,1-2H2,(H,21,23,24)/t3-,5-,6-,12-,13-/m0/s1. The molecule has 2 aliphatic heterocycles. The molecule has 1 N–H and O–H groups in total. The van der Waals surface area contributed by atoms with Gasteiger partial charge in [0.05, 0.1) is 21.9 Å². The molecule has 5 atom stereocenters. The molecule has 2 saturated heterocycles. The van der Waals surface area contributed by atoms with Crippen molar-refractivity contribution in [3.05, 3.63) is 10.1 Å². The first kappa shape index (κ1) is 19.1. The lowest BCUT2D eigenvalue weighted by atomic mass is 9.84. The number of imide groups is 2. The number of piperidine rings is 1. The van der Waals surface area contributed by atoms with Gasteiger partial charge in [0.1, 0.15) is 15.8 Å². The molecule has 3 fully saturated rings. The molecular weight excluding hydrogens is 473 g/mol. The smallest absolute Gasteiger partial charge is 0.249 e. The van der Waals surface area contributed by atoms with Crippen LogP contribution in [-0.2, 0) is 19.2 Å². The third kappa shape index (κ3) is 1.80. The number of allylic oxidation sites excluding steroid dienone is 2. The molecule has 140 valence electrons. The van der Waals surface area contributed by atoms with Gasteiger partial charge in [-0.25, -0.2) is 0 Å². The molecule has 2 bridgehead atoms. The Morgan fingerprint density at radius 2 is 1.35 bits per heavy atom. The normalized spacial score (nSPS) is 44.1. The quantitative estimate of drug-likeness (QED) is 0.461. The van der Waals surface area contributed by atoms with Gasteiger partial charge in [-0.2, -0.15) is 0 Å². The van der Waals surface area contributed by atoms with Gasteiger partial charge in [-0.1, -0.05) is 46.4 Å². The Bertz CT molecular complexity index is 797. The van der Waals surface area contributed by atoms with Gasteiger partial charge in [-0.3, -0.25) is 29.4 Å². The largest absolute Gasteiger partial charge is 0.295 e. The molecule has 26 heavy (non-hydrogen) atoms. The van der Waals surface area contributed by atoms with Crippen LogP contribution in [0.2, 0.25) is 0 Å². The van der Waals surface area contributed by atoms with Crippen LogP contribution >= 0.6 is 69.6 Å². The molecule has 0 radical (unpaired) electrons. The SMILES string of the molecule is O=C1CC[C@H](N2C(=O)[C@@H]3[C@@H](C2=O)[C@]2(Cl)C(Cl)=C(Cl)[C@]3(Cl)C2(Cl)Cl)C(=O)N1. The summed E-state index contributed by atoms with van der Waals surface area (Å²) in [7, 11) is 0. The van der Waals surface area contributed by atoms with E-state index in [0.717, 1.165) is 4.90 Å². The predicted molar refractivity (Wildman–Crippen MR) is 95.3 cm³/mol. The molecule has 1 saturated carbocycles. The van der Waals surface area contributed by atoms with Gasteiger partial charge in [0, 0.05) is 6.42 Å². The number of likely N-dealkylation sites (tertiary alicyclic amines) is 1. The molecule has 0 unspecified atom stereocenters. The zero-order valence-electron chi connectivity index (χ0n) is 12.5. The zero-order valence-corrected chi connectivity index (χ0v) is 17.0. The Morgan fingerprint density at radius 1 is 0.885 bits per heavy atom. The summed E-state index contributed by atoms with van der Waals surface area (Å²) < 4.78 is -2.02. The van der Waals surface area contributed by atoms with Gasteiger partial charge < -0.3 is 0 Å². The maximum atomic E-state index is 13.1. The molecule has 0 aromatic rings. The number of carbonyl (C=O) groups is 4. The molecule has 2 aliphatic carbocycles. The number of halogens is 6. The maximum absolute atomic E-state index is 13.1. The Hall–Kier alpha value is -0.240. The Labute approximate surface area is 177 Å². The summed E-state index contributed by atoms with van der Waals surface area (Å²) in [5.74, 6) is -5.37. The second-order valence-electron chi connectivity index (χ2n) is 6.59. The van der Waals surface area contributed by atoms with Crippen LogP contribution in [0.25, 0.3) is 0 Å². The van der Waals surface area contributed by atoms with E-state index in [1.54, 1.807) is 0 Å². The summed E-state index contributed by atoms with van der Waals surface area (Å²) in [6.45, 7) is 0. The fraction of sp³-hybridized carbons (Fsp3) is 0.571. The number of nitrogens with zero attached hydrogens (tertiary/aromatic N) is 1. The number of fused-ring (bicyclic) bond motifs is 5. The average molecular weight is 481 g/mol. The number of nitrogens with one attached hydrogen (secondary N) is 1. The van der Waals surface area contributed by atoms with Gasteiger partial charge in [0.2, 0.25) is 23.6 Å². The van der Waals surface area contributed by atoms with Gasteiger partial charge in [-0.15, -0.1) is 23.2 Å². The summed E-state index contributed by atoms with van der Waals surface area (Å²) in [6.07, 6.45) is -0.0243. The highest BCUT2D eigenvalue weighted by molar-refractivity contribution is 6.66. The first-order chi connectivity index (χ1) is 11.9. The van der Waals surface area contributed by atoms with E-state index >= 15 is 0 Å². The molecule has 2 heterocycles. The molecule has 4 rings (SSSR count). The predicted octanol–water partition coefficient (Wildman–Crippen LogP) is 2.24. The van der Waals surface area contributed by atoms with Crippen LogP contribution in [0.1, 0.15) is 12.8 Å². The molecule has 12 heteroatoms. The van der Waals surface area contributed by atoms with E-state index in [1.807, 2.05) is 0 Å². The zero-order chi connectivity index (χ0) is 19.4. The molecular formula is C14H8Cl6N2O4. The number of hydrogen-bond donors (Lipinski definition) is 1. The molecule has 0 aromatic carbocycles. The van der Waals surface area contributed by atoms with E-state index in [2.05, 4.69) is 5.32 Å². The average Bonchev–Trinajstić information content (AvgIpc) is 2.93. The van der Waals surface area contributed by atoms with E-state index in [-0.39, 0.29) is 22.9 Å². The van der Waals surface area contributed by atoms with E-state index < -0.39 is 55.6 Å². The minimum atomic E-state index is -2.02. The van der Waals surface area contributed by atoms with Crippen molar-refractivity contribution in [2.75, 3.05) is 0 Å². The highest BCUT2D eigenvalue weighted by Crippen LogP contribution is 2.77. The van der Waals surface area contributed by atoms with Crippen LogP contribution in [0.15, 0.2) is 10.1 Å². The van der Waals surface area contributed by atoms with Gasteiger partial charge in [0.25, 0.3) is 0 Å². The fourth-order valence-corrected chi connectivity index (χ4v) is 7.18. The van der Waals surface area contributed by atoms with Crippen LogP contribution in [0.3, 0.4) is 0 Å². The van der Waals surface area contributed by atoms with Crippen molar-refractivity contribution in [2.24, 2.45) is 11.8 Å². The minimum Gasteiger partial charge on any atom is -0.295 e. The van der Waals surface area contributed by atoms with Crippen molar-refractivity contribution >= 4 is 93.2 Å². The number of alkyl halides is 4. The summed E-state index contributed by atoms with van der Waals surface area (Å²) in [5, 5.41) is 1.70. The van der Waals surface area contributed by atoms with E-state index in [4.69, 9.17) is 69.6 Å². The minimum absolute atomic E-state index is 0.00601. The number of amides is 4. The third-order valence-electron chi connectivity index (χ3n) is 5.46. The van der Waals surface area contributed by atoms with Crippen LogP contribution < -0.4 is 5.32 Å². The van der Waals surface area contributed by atoms with Gasteiger partial charge >= 0.3 is 0 Å². The molecule has 4 aliphatic rings. The Morgan fingerprint density at radius 3 is 1.77 bits per heavy atom. The number of hydrogen-bond acceptors (Lipinski definition) is 4. The molecule has 6 nitrogen and oxygen atoms in total. The summed E-state index contributed by atoms with van der Waals surface area (Å²) in [6, 6.07) is -1.16. The van der Waals surface area contributed by atoms with Gasteiger partial charge in [-0.05, 0) is 6.42 Å². The monoisotopic (exact) mass is 478 g/mol. The van der Waals surface area contributed by atoms with E-state index in [9.17, 15) is 19.2 Å². The van der Waals surface area contributed by atoms with Crippen LogP contribution in [0.4, 0.5) is 0 Å². The molecule has 0 aromatic heterocycles. The highest BCUT2D eigenvalue weighted by Gasteiger charge is 2.87. The first-order valence-electron chi connectivity index (χ1n) is 7.44. The van der Waals surface area contributed by atoms with Crippen molar-refractivity contribution in [1.29, 1.82) is 0 Å². The van der Waals surface area contributed by atoms with Crippen LogP contribution in [0.5, 0.6) is 0 Å². The van der Waals surface area contributed by atoms with Crippen LogP contribution in [0, 0.1) is 11.8 Å². The van der Waals surface area contributed by atoms with Crippen molar-refractivity contribution < 1.29 is 19.2 Å². The lowest BCUT2D eigenvalue weighted by Gasteiger charge is -2.36. The molecule has 4 amide bonds. The second-order valence-corrected chi connectivity index (χ2v) is 9.87. The van der Waals surface area contributed by atoms with E-state index in [0.29, 0.717) is 0 Å². The summed E-state index contributed by atoms with van der Waals surface area (Å²) in [5.41, 5.74) is 0. The topological polar surface area (TPSA) is 83.6 Å². The Balaban J connectivity index is 1.82. The van der Waals surface area contributed by atoms with E-state index in [1.165, 1.54) is 0 Å². The number of carbonyl (C=O) groups excluding carboxylic acids is 4. The highest BCUT2D eigenvalue weighted by atomic mass is 35.5. The second kappa shape index (κ2) is 5.43. The summed E-state index contributed by atoms with van der Waals surface area (Å²) in [4.78, 5) is 46.5. The lowest BCUT2D eigenvalue weighted by Crippen LogP contribution is -2.57. The van der Waals surface area contributed by atoms with Crippen molar-refractivity contribution in [2.45, 2.75) is 33.0 Å². The van der Waals surface area contributed by atoms with Crippen LogP contribution in [-0.4, -0.2) is 48.7 Å². The summed E-state index contributed by atoms with van der Waals surface area (Å²) >= 11 is 38.2. The lowest BCUT2D eigenvalue weighted by molar-refractivity contribution is -0.152. The Kier molecular flexibility index (Phi) is 3.98. The van der Waals surface area contributed by atoms with Crippen molar-refractivity contribution in [3.63, 3.8) is 0 Å².